The highest BCUT2D eigenvalue weighted by Gasteiger charge is 2.03. The quantitative estimate of drug-likeness (QED) is 0.705. The lowest BCUT2D eigenvalue weighted by Crippen LogP contribution is -1.79. The van der Waals surface area contributed by atoms with Crippen molar-refractivity contribution in [2.24, 2.45) is 0 Å². The highest BCUT2D eigenvalue weighted by molar-refractivity contribution is 7.13. The first-order valence-electron chi connectivity index (χ1n) is 3.40. The molecule has 2 nitrogen and oxygen atoms in total. The first-order chi connectivity index (χ1) is 5.81. The van der Waals surface area contributed by atoms with Gasteiger partial charge in [-0.2, -0.15) is 4.37 Å². The van der Waals surface area contributed by atoms with Gasteiger partial charge in [-0.3, -0.25) is 0 Å². The molecule has 0 radical (unpaired) electrons. The zero-order valence-electron chi connectivity index (χ0n) is 6.37. The summed E-state index contributed by atoms with van der Waals surface area (Å²) in [6.45, 7) is 0. The third-order valence-electron chi connectivity index (χ3n) is 1.64. The molecule has 1 aromatic carbocycles. The molecule has 0 bridgehead atoms. The smallest absolute Gasteiger partial charge is 0.150 e. The Bertz CT molecular complexity index is 412. The number of rotatable bonds is 1. The average Bonchev–Trinajstić information content (AvgIpc) is 2.47. The van der Waals surface area contributed by atoms with Gasteiger partial charge in [-0.15, -0.1) is 0 Å². The van der Waals surface area contributed by atoms with Gasteiger partial charge in [-0.1, -0.05) is 11.6 Å². The Kier molecular flexibility index (Phi) is 1.90. The third kappa shape index (κ3) is 1.15. The zero-order chi connectivity index (χ0) is 8.55. The Labute approximate surface area is 78.9 Å². The number of halogens is 1. The number of hydrogen-bond acceptors (Lipinski definition) is 3. The van der Waals surface area contributed by atoms with Crippen molar-refractivity contribution >= 4 is 33.2 Å². The number of benzene rings is 1. The Hall–Kier alpha value is -0.800. The number of hydrogen-bond donors (Lipinski definition) is 0. The van der Waals surface area contributed by atoms with E-state index >= 15 is 0 Å². The van der Waals surface area contributed by atoms with Gasteiger partial charge >= 0.3 is 0 Å². The number of aromatic nitrogens is 1. The molecule has 0 aliphatic carbocycles. The van der Waals surface area contributed by atoms with E-state index in [9.17, 15) is 0 Å². The van der Waals surface area contributed by atoms with Crippen LogP contribution in [0.4, 0.5) is 0 Å². The van der Waals surface area contributed by atoms with Gasteiger partial charge in [0.2, 0.25) is 0 Å². The molecule has 0 aliphatic rings. The lowest BCUT2D eigenvalue weighted by atomic mass is 10.3. The molecule has 0 aliphatic heterocycles. The summed E-state index contributed by atoms with van der Waals surface area (Å²) in [6.07, 6.45) is 0. The van der Waals surface area contributed by atoms with Crippen LogP contribution in [-0.2, 0) is 0 Å². The molecule has 2 rings (SSSR count). The molecule has 1 aromatic heterocycles. The van der Waals surface area contributed by atoms with Gasteiger partial charge in [0.1, 0.15) is 5.75 Å². The summed E-state index contributed by atoms with van der Waals surface area (Å²) in [5.74, 6) is 0.836. The van der Waals surface area contributed by atoms with Crippen molar-refractivity contribution in [3.63, 3.8) is 0 Å². The van der Waals surface area contributed by atoms with Crippen molar-refractivity contribution in [3.05, 3.63) is 23.4 Å². The third-order valence-corrected chi connectivity index (χ3v) is 2.83. The van der Waals surface area contributed by atoms with Crippen LogP contribution >= 0.6 is 23.1 Å². The Morgan fingerprint density at radius 2 is 2.33 bits per heavy atom. The molecule has 0 saturated heterocycles. The van der Waals surface area contributed by atoms with Crippen LogP contribution in [0.25, 0.3) is 10.1 Å². The zero-order valence-corrected chi connectivity index (χ0v) is 7.95. The number of fused-ring (bicyclic) bond motifs is 1. The summed E-state index contributed by atoms with van der Waals surface area (Å²) in [7, 11) is 1.64. The molecule has 2 aromatic rings. The van der Waals surface area contributed by atoms with Crippen molar-refractivity contribution in [1.82, 2.24) is 4.37 Å². The van der Waals surface area contributed by atoms with E-state index in [1.54, 1.807) is 7.11 Å². The minimum Gasteiger partial charge on any atom is -0.497 e. The maximum Gasteiger partial charge on any atom is 0.150 e. The van der Waals surface area contributed by atoms with Gasteiger partial charge in [0.25, 0.3) is 0 Å². The van der Waals surface area contributed by atoms with E-state index in [4.69, 9.17) is 16.3 Å². The summed E-state index contributed by atoms with van der Waals surface area (Å²) in [5, 5.41) is 1.56. The summed E-state index contributed by atoms with van der Waals surface area (Å²) >= 11 is 7.21. The molecule has 1 heterocycles. The topological polar surface area (TPSA) is 22.1 Å². The predicted molar refractivity (Wildman–Crippen MR) is 51.2 cm³/mol. The Morgan fingerprint density at radius 1 is 1.50 bits per heavy atom. The Morgan fingerprint density at radius 3 is 3.08 bits per heavy atom. The fourth-order valence-electron chi connectivity index (χ4n) is 1.01. The van der Waals surface area contributed by atoms with Crippen LogP contribution < -0.4 is 4.74 Å². The van der Waals surface area contributed by atoms with E-state index in [2.05, 4.69) is 4.37 Å². The highest BCUT2D eigenvalue weighted by atomic mass is 35.5. The van der Waals surface area contributed by atoms with E-state index in [1.165, 1.54) is 11.5 Å². The fourth-order valence-corrected chi connectivity index (χ4v) is 2.05. The van der Waals surface area contributed by atoms with Crippen LogP contribution in [0.5, 0.6) is 5.75 Å². The summed E-state index contributed by atoms with van der Waals surface area (Å²) in [4.78, 5) is 0. The van der Waals surface area contributed by atoms with Crippen molar-refractivity contribution in [2.45, 2.75) is 0 Å². The highest BCUT2D eigenvalue weighted by Crippen LogP contribution is 2.29. The van der Waals surface area contributed by atoms with Crippen LogP contribution in [0.15, 0.2) is 18.2 Å². The van der Waals surface area contributed by atoms with Crippen LogP contribution in [0.3, 0.4) is 0 Å². The van der Waals surface area contributed by atoms with Gasteiger partial charge < -0.3 is 4.74 Å². The minimum atomic E-state index is 0.567. The molecular weight excluding hydrogens is 194 g/mol. The molecule has 0 unspecified atom stereocenters. The van der Waals surface area contributed by atoms with E-state index in [0.717, 1.165) is 15.8 Å². The molecule has 0 saturated carbocycles. The summed E-state index contributed by atoms with van der Waals surface area (Å²) in [6, 6.07) is 5.72. The lowest BCUT2D eigenvalue weighted by Gasteiger charge is -1.97. The van der Waals surface area contributed by atoms with Gasteiger partial charge in [-0.25, -0.2) is 0 Å². The fraction of sp³-hybridized carbons (Fsp3) is 0.125. The monoisotopic (exact) mass is 199 g/mol. The lowest BCUT2D eigenvalue weighted by molar-refractivity contribution is 0.415. The number of ether oxygens (including phenoxy) is 1. The minimum absolute atomic E-state index is 0.567. The van der Waals surface area contributed by atoms with Crippen molar-refractivity contribution in [1.29, 1.82) is 0 Å². The maximum absolute atomic E-state index is 5.83. The summed E-state index contributed by atoms with van der Waals surface area (Å²) < 4.78 is 10.1. The van der Waals surface area contributed by atoms with Crippen molar-refractivity contribution in [2.75, 3.05) is 7.11 Å². The van der Waals surface area contributed by atoms with Crippen LogP contribution in [0.1, 0.15) is 0 Å². The van der Waals surface area contributed by atoms with Crippen LogP contribution in [0, 0.1) is 0 Å². The maximum atomic E-state index is 5.83. The van der Waals surface area contributed by atoms with E-state index in [-0.39, 0.29) is 0 Å². The van der Waals surface area contributed by atoms with Crippen LogP contribution in [0.2, 0.25) is 5.15 Å². The second kappa shape index (κ2) is 2.92. The molecule has 62 valence electrons. The van der Waals surface area contributed by atoms with Gasteiger partial charge in [0, 0.05) is 5.39 Å². The van der Waals surface area contributed by atoms with E-state index < -0.39 is 0 Å². The van der Waals surface area contributed by atoms with Gasteiger partial charge in [0.15, 0.2) is 5.15 Å². The number of nitrogens with zero attached hydrogens (tertiary/aromatic N) is 1. The molecule has 0 spiro atoms. The standard InChI is InChI=1S/C8H6ClNOS/c1-11-5-2-3-6-7(4-5)12-10-8(6)9/h2-4H,1H3. The first-order valence-corrected chi connectivity index (χ1v) is 4.55. The van der Waals surface area contributed by atoms with Crippen molar-refractivity contribution < 1.29 is 4.74 Å². The van der Waals surface area contributed by atoms with Gasteiger partial charge in [0.05, 0.1) is 11.8 Å². The molecule has 0 atom stereocenters. The molecule has 0 N–H and O–H groups in total. The van der Waals surface area contributed by atoms with Gasteiger partial charge in [-0.05, 0) is 29.7 Å². The average molecular weight is 200 g/mol. The second-order valence-electron chi connectivity index (χ2n) is 2.34. The predicted octanol–water partition coefficient (Wildman–Crippen LogP) is 2.96. The first kappa shape index (κ1) is 7.83. The number of methoxy groups -OCH3 is 1. The largest absolute Gasteiger partial charge is 0.497 e. The molecule has 4 heteroatoms. The second-order valence-corrected chi connectivity index (χ2v) is 3.50. The molecular formula is C8H6ClNOS. The molecule has 0 amide bonds. The van der Waals surface area contributed by atoms with Crippen LogP contribution in [-0.4, -0.2) is 11.5 Å². The Balaban J connectivity index is 2.69. The molecule has 0 fully saturated rings. The SMILES string of the molecule is COc1ccc2c(Cl)nsc2c1. The van der Waals surface area contributed by atoms with Crippen molar-refractivity contribution in [3.8, 4) is 5.75 Å². The van der Waals surface area contributed by atoms with E-state index in [1.807, 2.05) is 18.2 Å². The van der Waals surface area contributed by atoms with E-state index in [0.29, 0.717) is 5.15 Å². The summed E-state index contributed by atoms with van der Waals surface area (Å²) in [5.41, 5.74) is 0. The molecule has 12 heavy (non-hydrogen) atoms. The normalized spacial score (nSPS) is 10.5.